The highest BCUT2D eigenvalue weighted by atomic mass is 16.5. The maximum Gasteiger partial charge on any atom is 0.345 e. The smallest absolute Gasteiger partial charge is 0.345 e. The number of nitrogen functional groups attached to an aromatic ring is 1. The van der Waals surface area contributed by atoms with Crippen molar-refractivity contribution in [3.05, 3.63) is 5.56 Å². The fourth-order valence-corrected chi connectivity index (χ4v) is 2.45. The minimum absolute atomic E-state index is 0.0541. The molecule has 1 unspecified atom stereocenters. The molecule has 1 fully saturated rings. The number of anilines is 2. The molecule has 0 radical (unpaired) electrons. The number of nitrogens with two attached hydrogens (primary N) is 2. The fourth-order valence-electron chi connectivity index (χ4n) is 2.45. The third kappa shape index (κ3) is 2.70. The molecule has 2 heterocycles. The predicted molar refractivity (Wildman–Crippen MR) is 74.5 cm³/mol. The van der Waals surface area contributed by atoms with Gasteiger partial charge in [0, 0.05) is 19.1 Å². The van der Waals surface area contributed by atoms with Crippen LogP contribution in [0.2, 0.25) is 0 Å². The number of esters is 1. The number of ether oxygens (including phenoxy) is 1. The van der Waals surface area contributed by atoms with Gasteiger partial charge >= 0.3 is 5.97 Å². The first kappa shape index (κ1) is 14.6. The van der Waals surface area contributed by atoms with Crippen LogP contribution < -0.4 is 16.4 Å². The second-order valence-electron chi connectivity index (χ2n) is 4.87. The van der Waals surface area contributed by atoms with Crippen molar-refractivity contribution in [3.63, 3.8) is 0 Å². The van der Waals surface area contributed by atoms with Crippen molar-refractivity contribution in [2.24, 2.45) is 5.73 Å². The molecule has 8 nitrogen and oxygen atoms in total. The lowest BCUT2D eigenvalue weighted by atomic mass is 10.1. The number of nitrogens with zero attached hydrogens (tertiary/aromatic N) is 3. The lowest BCUT2D eigenvalue weighted by molar-refractivity contribution is 0.0602. The van der Waals surface area contributed by atoms with Crippen LogP contribution in [-0.4, -0.2) is 53.7 Å². The summed E-state index contributed by atoms with van der Waals surface area (Å²) in [6, 6.07) is 0.0541. The monoisotopic (exact) mass is 283 g/mol. The number of rotatable bonds is 4. The molecule has 0 aliphatic carbocycles. The van der Waals surface area contributed by atoms with E-state index < -0.39 is 5.97 Å². The second kappa shape index (κ2) is 6.10. The molecule has 0 bridgehead atoms. The average Bonchev–Trinajstić information content (AvgIpc) is 2.76. The van der Waals surface area contributed by atoms with Crippen LogP contribution in [0.1, 0.15) is 23.2 Å². The Bertz CT molecular complexity index is 488. The van der Waals surface area contributed by atoms with Crippen LogP contribution in [0.3, 0.4) is 0 Å². The lowest BCUT2D eigenvalue weighted by Crippen LogP contribution is -2.43. The largest absolute Gasteiger partial charge is 0.465 e. The molecule has 0 spiro atoms. The molecule has 8 heteroatoms. The van der Waals surface area contributed by atoms with E-state index in [4.69, 9.17) is 21.3 Å². The third-order valence-corrected chi connectivity index (χ3v) is 3.43. The summed E-state index contributed by atoms with van der Waals surface area (Å²) in [6.45, 7) is 1.52. The average molecular weight is 283 g/mol. The quantitative estimate of drug-likeness (QED) is 0.617. The van der Waals surface area contributed by atoms with Gasteiger partial charge in [0.05, 0.1) is 20.3 Å². The first-order chi connectivity index (χ1) is 9.58. The molecule has 1 aliphatic rings. The van der Waals surface area contributed by atoms with E-state index in [1.165, 1.54) is 11.8 Å². The number of methoxy groups -OCH3 is 1. The number of aliphatic hydroxyl groups is 1. The van der Waals surface area contributed by atoms with E-state index in [0.29, 0.717) is 12.4 Å². The van der Waals surface area contributed by atoms with Crippen molar-refractivity contribution >= 4 is 17.6 Å². The predicted octanol–water partition coefficient (Wildman–Crippen LogP) is -0.828. The number of carbonyl (C=O) groups is 1. The number of aliphatic hydroxyl groups excluding tert-OH is 1. The minimum atomic E-state index is -0.527. The maximum absolute atomic E-state index is 11.9. The summed E-state index contributed by atoms with van der Waals surface area (Å²) in [6.07, 6.45) is 1.89. The Morgan fingerprint density at radius 3 is 2.95 bits per heavy atom. The molecule has 1 aromatic heterocycles. The van der Waals surface area contributed by atoms with Crippen LogP contribution in [-0.2, 0) is 11.3 Å². The van der Waals surface area contributed by atoms with Gasteiger partial charge in [-0.15, -0.1) is 0 Å². The van der Waals surface area contributed by atoms with Crippen LogP contribution in [0, 0.1) is 0 Å². The van der Waals surface area contributed by atoms with Gasteiger partial charge in [0.2, 0.25) is 0 Å². The molecule has 20 heavy (non-hydrogen) atoms. The zero-order chi connectivity index (χ0) is 14.7. The summed E-state index contributed by atoms with van der Waals surface area (Å²) in [5, 5.41) is 13.4. The molecule has 1 aromatic rings. The fraction of sp³-hybridized carbons (Fsp3) is 0.667. The first-order valence-corrected chi connectivity index (χ1v) is 6.64. The Balaban J connectivity index is 2.39. The summed E-state index contributed by atoms with van der Waals surface area (Å²) in [7, 11) is 1.30. The number of piperidine rings is 1. The summed E-state index contributed by atoms with van der Waals surface area (Å²) < 4.78 is 6.19. The molecule has 2 rings (SSSR count). The Kier molecular flexibility index (Phi) is 4.46. The molecule has 112 valence electrons. The van der Waals surface area contributed by atoms with Crippen molar-refractivity contribution in [1.29, 1.82) is 0 Å². The third-order valence-electron chi connectivity index (χ3n) is 3.43. The van der Waals surface area contributed by atoms with Gasteiger partial charge in [0.15, 0.2) is 5.82 Å². The minimum Gasteiger partial charge on any atom is -0.465 e. The van der Waals surface area contributed by atoms with E-state index in [9.17, 15) is 4.79 Å². The molecule has 0 saturated carbocycles. The van der Waals surface area contributed by atoms with E-state index in [1.54, 1.807) is 0 Å². The normalized spacial score (nSPS) is 19.1. The zero-order valence-corrected chi connectivity index (χ0v) is 11.6. The lowest BCUT2D eigenvalue weighted by Gasteiger charge is -2.31. The van der Waals surface area contributed by atoms with Gasteiger partial charge in [-0.25, -0.2) is 9.48 Å². The van der Waals surface area contributed by atoms with E-state index >= 15 is 0 Å². The highest BCUT2D eigenvalue weighted by Gasteiger charge is 2.28. The van der Waals surface area contributed by atoms with E-state index in [-0.39, 0.29) is 30.6 Å². The van der Waals surface area contributed by atoms with Crippen molar-refractivity contribution in [3.8, 4) is 0 Å². The molecule has 1 aliphatic heterocycles. The van der Waals surface area contributed by atoms with Gasteiger partial charge in [0.1, 0.15) is 11.4 Å². The van der Waals surface area contributed by atoms with E-state index in [2.05, 4.69) is 5.10 Å². The van der Waals surface area contributed by atoms with Gasteiger partial charge in [-0.05, 0) is 12.8 Å². The van der Waals surface area contributed by atoms with Crippen molar-refractivity contribution in [1.82, 2.24) is 9.78 Å². The Hall–Kier alpha value is -1.80. The van der Waals surface area contributed by atoms with Crippen LogP contribution in [0.25, 0.3) is 0 Å². The second-order valence-corrected chi connectivity index (χ2v) is 4.87. The number of aromatic nitrogens is 2. The Morgan fingerprint density at radius 1 is 1.60 bits per heavy atom. The number of hydrogen-bond donors (Lipinski definition) is 3. The highest BCUT2D eigenvalue weighted by Crippen LogP contribution is 2.28. The van der Waals surface area contributed by atoms with Crippen molar-refractivity contribution < 1.29 is 14.6 Å². The molecule has 1 saturated heterocycles. The van der Waals surface area contributed by atoms with Gasteiger partial charge < -0.3 is 26.2 Å². The topological polar surface area (TPSA) is 120 Å². The standard InChI is InChI=1S/C12H21N5O3/c1-20-12(19)9-10(14)17(5-6-18)15-11(9)16-4-2-3-8(13)7-16/h8,18H,2-7,13-14H2,1H3. The summed E-state index contributed by atoms with van der Waals surface area (Å²) in [5.41, 5.74) is 12.1. The zero-order valence-electron chi connectivity index (χ0n) is 11.6. The van der Waals surface area contributed by atoms with Gasteiger partial charge in [0.25, 0.3) is 0 Å². The Morgan fingerprint density at radius 2 is 2.35 bits per heavy atom. The van der Waals surface area contributed by atoms with Crippen molar-refractivity contribution in [2.75, 3.05) is 37.4 Å². The van der Waals surface area contributed by atoms with E-state index in [1.807, 2.05) is 4.90 Å². The molecule has 0 amide bonds. The molecule has 5 N–H and O–H groups in total. The summed E-state index contributed by atoms with van der Waals surface area (Å²) in [4.78, 5) is 13.9. The summed E-state index contributed by atoms with van der Waals surface area (Å²) >= 11 is 0. The molecular formula is C12H21N5O3. The highest BCUT2D eigenvalue weighted by molar-refractivity contribution is 5.99. The van der Waals surface area contributed by atoms with Crippen LogP contribution in [0.15, 0.2) is 0 Å². The van der Waals surface area contributed by atoms with Crippen LogP contribution in [0.5, 0.6) is 0 Å². The van der Waals surface area contributed by atoms with Gasteiger partial charge in [-0.3, -0.25) is 0 Å². The number of carbonyl (C=O) groups excluding carboxylic acids is 1. The van der Waals surface area contributed by atoms with Gasteiger partial charge in [-0.1, -0.05) is 0 Å². The molecular weight excluding hydrogens is 262 g/mol. The number of hydrogen-bond acceptors (Lipinski definition) is 7. The first-order valence-electron chi connectivity index (χ1n) is 6.64. The Labute approximate surface area is 117 Å². The van der Waals surface area contributed by atoms with Crippen LogP contribution >= 0.6 is 0 Å². The molecule has 0 aromatic carbocycles. The van der Waals surface area contributed by atoms with Crippen LogP contribution in [0.4, 0.5) is 11.6 Å². The summed E-state index contributed by atoms with van der Waals surface area (Å²) in [5.74, 6) is 0.166. The molecule has 1 atom stereocenters. The SMILES string of the molecule is COC(=O)c1c(N2CCCC(N)C2)nn(CCO)c1N. The van der Waals surface area contributed by atoms with E-state index in [0.717, 1.165) is 19.4 Å². The van der Waals surface area contributed by atoms with Gasteiger partial charge in [-0.2, -0.15) is 5.10 Å². The van der Waals surface area contributed by atoms with Crippen molar-refractivity contribution in [2.45, 2.75) is 25.4 Å². The maximum atomic E-state index is 11.9.